The van der Waals surface area contributed by atoms with E-state index in [0.717, 1.165) is 22.4 Å². The minimum atomic E-state index is -0.188. The van der Waals surface area contributed by atoms with Gasteiger partial charge in [-0.25, -0.2) is 0 Å². The molecule has 0 saturated carbocycles. The molecular weight excluding hydrogens is 364 g/mol. The van der Waals surface area contributed by atoms with Crippen LogP contribution in [0.2, 0.25) is 0 Å². The van der Waals surface area contributed by atoms with Crippen molar-refractivity contribution in [1.82, 2.24) is 5.32 Å². The average Bonchev–Trinajstić information content (AvgIpc) is 2.76. The molecule has 0 aliphatic rings. The first kappa shape index (κ1) is 20.1. The summed E-state index contributed by atoms with van der Waals surface area (Å²) in [6.07, 6.45) is 0. The molecule has 0 aromatic heterocycles. The Morgan fingerprint density at radius 3 is 2.17 bits per heavy atom. The molecule has 0 unspecified atom stereocenters. The third kappa shape index (κ3) is 5.45. The minimum absolute atomic E-state index is 0.0666. The van der Waals surface area contributed by atoms with Gasteiger partial charge >= 0.3 is 0 Å². The summed E-state index contributed by atoms with van der Waals surface area (Å²) >= 11 is 0. The van der Waals surface area contributed by atoms with Crippen LogP contribution in [0.1, 0.15) is 27.0 Å². The fourth-order valence-corrected chi connectivity index (χ4v) is 2.86. The first-order valence-corrected chi connectivity index (χ1v) is 9.44. The predicted octanol–water partition coefficient (Wildman–Crippen LogP) is 4.25. The molecule has 0 fully saturated rings. The number of anilines is 1. The molecule has 5 heteroatoms. The first-order valence-electron chi connectivity index (χ1n) is 9.44. The van der Waals surface area contributed by atoms with E-state index >= 15 is 0 Å². The maximum Gasteiger partial charge on any atom is 0.258 e. The largest absolute Gasteiger partial charge is 0.483 e. The maximum atomic E-state index is 12.4. The number of hydrogen-bond acceptors (Lipinski definition) is 3. The highest BCUT2D eigenvalue weighted by Gasteiger charge is 2.12. The first-order chi connectivity index (χ1) is 14.0. The van der Waals surface area contributed by atoms with Crippen LogP contribution in [-0.4, -0.2) is 18.4 Å². The fraction of sp³-hybridized carbons (Fsp3) is 0.167. The second kappa shape index (κ2) is 9.55. The zero-order valence-electron chi connectivity index (χ0n) is 16.6. The van der Waals surface area contributed by atoms with Crippen LogP contribution in [0.3, 0.4) is 0 Å². The summed E-state index contributed by atoms with van der Waals surface area (Å²) < 4.78 is 5.69. The molecule has 0 bridgehead atoms. The maximum absolute atomic E-state index is 12.4. The van der Waals surface area contributed by atoms with E-state index in [0.29, 0.717) is 17.9 Å². The lowest BCUT2D eigenvalue weighted by Gasteiger charge is -2.15. The monoisotopic (exact) mass is 388 g/mol. The van der Waals surface area contributed by atoms with Gasteiger partial charge in [-0.15, -0.1) is 0 Å². The molecule has 0 aliphatic carbocycles. The normalized spacial score (nSPS) is 10.3. The van der Waals surface area contributed by atoms with Crippen molar-refractivity contribution in [2.45, 2.75) is 20.4 Å². The highest BCUT2D eigenvalue weighted by atomic mass is 16.5. The van der Waals surface area contributed by atoms with E-state index < -0.39 is 0 Å². The Morgan fingerprint density at radius 1 is 0.828 bits per heavy atom. The van der Waals surface area contributed by atoms with Crippen molar-refractivity contribution in [3.05, 3.63) is 95.1 Å². The number of benzene rings is 3. The zero-order valence-corrected chi connectivity index (χ0v) is 16.6. The SMILES string of the molecule is Cc1c(NC(=O)c2ccccc2)ccc(OCC(=O)NCc2ccccc2)c1C. The predicted molar refractivity (Wildman–Crippen MR) is 114 cm³/mol. The van der Waals surface area contributed by atoms with Crippen molar-refractivity contribution in [3.63, 3.8) is 0 Å². The summed E-state index contributed by atoms with van der Waals surface area (Å²) in [6, 6.07) is 22.3. The summed E-state index contributed by atoms with van der Waals surface area (Å²) in [5.41, 5.74) is 4.13. The van der Waals surface area contributed by atoms with Gasteiger partial charge < -0.3 is 15.4 Å². The summed E-state index contributed by atoms with van der Waals surface area (Å²) in [4.78, 5) is 24.4. The Balaban J connectivity index is 1.57. The van der Waals surface area contributed by atoms with E-state index in [4.69, 9.17) is 4.74 Å². The third-order valence-electron chi connectivity index (χ3n) is 4.71. The lowest BCUT2D eigenvalue weighted by atomic mass is 10.1. The standard InChI is InChI=1S/C24H24N2O3/c1-17-18(2)22(29-16-23(27)25-15-19-9-5-3-6-10-19)14-13-21(17)26-24(28)20-11-7-4-8-12-20/h3-14H,15-16H2,1-2H3,(H,25,27)(H,26,28). The Kier molecular flexibility index (Phi) is 6.63. The van der Waals surface area contributed by atoms with Crippen molar-refractivity contribution in [1.29, 1.82) is 0 Å². The van der Waals surface area contributed by atoms with Gasteiger partial charge in [0.25, 0.3) is 11.8 Å². The lowest BCUT2D eigenvalue weighted by molar-refractivity contribution is -0.123. The molecule has 5 nitrogen and oxygen atoms in total. The Bertz CT molecular complexity index is 986. The van der Waals surface area contributed by atoms with Crippen molar-refractivity contribution >= 4 is 17.5 Å². The molecule has 2 N–H and O–H groups in total. The van der Waals surface area contributed by atoms with Crippen molar-refractivity contribution < 1.29 is 14.3 Å². The van der Waals surface area contributed by atoms with E-state index in [2.05, 4.69) is 10.6 Å². The summed E-state index contributed by atoms with van der Waals surface area (Å²) in [7, 11) is 0. The lowest BCUT2D eigenvalue weighted by Crippen LogP contribution is -2.28. The highest BCUT2D eigenvalue weighted by Crippen LogP contribution is 2.28. The highest BCUT2D eigenvalue weighted by molar-refractivity contribution is 6.04. The van der Waals surface area contributed by atoms with E-state index in [1.165, 1.54) is 0 Å². The van der Waals surface area contributed by atoms with Crippen molar-refractivity contribution in [2.24, 2.45) is 0 Å². The Labute approximate surface area is 170 Å². The van der Waals surface area contributed by atoms with Gasteiger partial charge in [0.2, 0.25) is 0 Å². The number of carbonyl (C=O) groups excluding carboxylic acids is 2. The smallest absolute Gasteiger partial charge is 0.258 e. The Morgan fingerprint density at radius 2 is 1.48 bits per heavy atom. The topological polar surface area (TPSA) is 67.4 Å². The number of amides is 2. The van der Waals surface area contributed by atoms with Gasteiger partial charge in [-0.3, -0.25) is 9.59 Å². The zero-order chi connectivity index (χ0) is 20.6. The molecule has 0 radical (unpaired) electrons. The number of rotatable bonds is 7. The quantitative estimate of drug-likeness (QED) is 0.636. The molecule has 0 spiro atoms. The van der Waals surface area contributed by atoms with Crippen LogP contribution >= 0.6 is 0 Å². The van der Waals surface area contributed by atoms with Gasteiger partial charge in [0.1, 0.15) is 5.75 Å². The minimum Gasteiger partial charge on any atom is -0.483 e. The molecule has 3 rings (SSSR count). The molecule has 3 aromatic rings. The Hall–Kier alpha value is -3.60. The van der Waals surface area contributed by atoms with Gasteiger partial charge in [-0.2, -0.15) is 0 Å². The second-order valence-corrected chi connectivity index (χ2v) is 6.73. The van der Waals surface area contributed by atoms with E-state index in [1.807, 2.05) is 62.4 Å². The molecule has 148 valence electrons. The molecule has 0 heterocycles. The number of ether oxygens (including phenoxy) is 1. The van der Waals surface area contributed by atoms with Crippen molar-refractivity contribution in [3.8, 4) is 5.75 Å². The van der Waals surface area contributed by atoms with E-state index in [1.54, 1.807) is 24.3 Å². The van der Waals surface area contributed by atoms with E-state index in [-0.39, 0.29) is 18.4 Å². The van der Waals surface area contributed by atoms with Gasteiger partial charge in [0.05, 0.1) is 0 Å². The molecule has 0 atom stereocenters. The summed E-state index contributed by atoms with van der Waals surface area (Å²) in [6.45, 7) is 4.22. The molecule has 3 aromatic carbocycles. The van der Waals surface area contributed by atoms with Crippen LogP contribution < -0.4 is 15.4 Å². The number of carbonyl (C=O) groups is 2. The number of hydrogen-bond donors (Lipinski definition) is 2. The molecular formula is C24H24N2O3. The third-order valence-corrected chi connectivity index (χ3v) is 4.71. The average molecular weight is 388 g/mol. The second-order valence-electron chi connectivity index (χ2n) is 6.73. The van der Waals surface area contributed by atoms with Gasteiger partial charge in [-0.1, -0.05) is 48.5 Å². The molecule has 29 heavy (non-hydrogen) atoms. The van der Waals surface area contributed by atoms with Gasteiger partial charge in [0, 0.05) is 17.8 Å². The van der Waals surface area contributed by atoms with Crippen LogP contribution in [0.15, 0.2) is 72.8 Å². The van der Waals surface area contributed by atoms with Gasteiger partial charge in [0.15, 0.2) is 6.61 Å². The van der Waals surface area contributed by atoms with Crippen LogP contribution in [0.25, 0.3) is 0 Å². The molecule has 0 saturated heterocycles. The van der Waals surface area contributed by atoms with Crippen molar-refractivity contribution in [2.75, 3.05) is 11.9 Å². The number of nitrogens with one attached hydrogen (secondary N) is 2. The van der Waals surface area contributed by atoms with Crippen LogP contribution in [0.4, 0.5) is 5.69 Å². The van der Waals surface area contributed by atoms with Crippen LogP contribution in [0, 0.1) is 13.8 Å². The summed E-state index contributed by atoms with van der Waals surface area (Å²) in [5, 5.41) is 5.76. The molecule has 0 aliphatic heterocycles. The fourth-order valence-electron chi connectivity index (χ4n) is 2.86. The molecule has 2 amide bonds. The van der Waals surface area contributed by atoms with Crippen LogP contribution in [0.5, 0.6) is 5.75 Å². The summed E-state index contributed by atoms with van der Waals surface area (Å²) in [5.74, 6) is 0.268. The van der Waals surface area contributed by atoms with E-state index in [9.17, 15) is 9.59 Å². The van der Waals surface area contributed by atoms with Gasteiger partial charge in [-0.05, 0) is 54.8 Å². The van der Waals surface area contributed by atoms with Crippen LogP contribution in [-0.2, 0) is 11.3 Å².